The lowest BCUT2D eigenvalue weighted by Gasteiger charge is -2.41. The number of pyridine rings is 1. The molecule has 0 saturated carbocycles. The molecular weight excluding hydrogens is 693 g/mol. The van der Waals surface area contributed by atoms with Crippen LogP contribution in [0, 0.1) is 12.3 Å². The van der Waals surface area contributed by atoms with Crippen LogP contribution >= 0.6 is 0 Å². The van der Waals surface area contributed by atoms with Gasteiger partial charge >= 0.3 is 12.1 Å². The van der Waals surface area contributed by atoms with Crippen molar-refractivity contribution in [2.24, 2.45) is 5.41 Å². The molecule has 1 amide bonds. The van der Waals surface area contributed by atoms with Crippen molar-refractivity contribution in [2.75, 3.05) is 32.7 Å². The highest BCUT2D eigenvalue weighted by atomic mass is 19.4. The molecule has 0 aliphatic carbocycles. The molecule has 3 aromatic carbocycles. The molecule has 52 heavy (non-hydrogen) atoms. The lowest BCUT2D eigenvalue weighted by atomic mass is 9.76. The lowest BCUT2D eigenvalue weighted by molar-refractivity contribution is -0.233. The van der Waals surface area contributed by atoms with Crippen LogP contribution in [0.25, 0.3) is 32.8 Å². The normalized spacial score (nSPS) is 18.9. The number of carbonyl (C=O) groups is 2. The van der Waals surface area contributed by atoms with Gasteiger partial charge in [0.2, 0.25) is 5.91 Å². The van der Waals surface area contributed by atoms with Crippen molar-refractivity contribution in [3.8, 4) is 11.3 Å². The van der Waals surface area contributed by atoms with Crippen LogP contribution in [-0.2, 0) is 22.6 Å². The predicted molar refractivity (Wildman–Crippen MR) is 182 cm³/mol. The van der Waals surface area contributed by atoms with E-state index < -0.39 is 61.2 Å². The van der Waals surface area contributed by atoms with Crippen molar-refractivity contribution >= 4 is 33.4 Å². The van der Waals surface area contributed by atoms with E-state index in [4.69, 9.17) is 4.98 Å². The minimum absolute atomic E-state index is 0.203. The molecule has 0 radical (unpaired) electrons. The number of rotatable bonds is 10. The number of aromatic nitrogens is 1. The summed E-state index contributed by atoms with van der Waals surface area (Å²) in [5.74, 6) is -5.68. The van der Waals surface area contributed by atoms with Crippen LogP contribution in [0.1, 0.15) is 42.4 Å². The van der Waals surface area contributed by atoms with E-state index in [-0.39, 0.29) is 45.4 Å². The van der Waals surface area contributed by atoms with E-state index in [1.165, 1.54) is 0 Å². The first-order valence-corrected chi connectivity index (χ1v) is 17.2. The molecule has 1 atom stereocenters. The van der Waals surface area contributed by atoms with Crippen LogP contribution in [0.15, 0.2) is 60.8 Å². The Balaban J connectivity index is 1.29. The first-order valence-electron chi connectivity index (χ1n) is 17.2. The molecule has 0 spiro atoms. The first-order chi connectivity index (χ1) is 24.6. The van der Waals surface area contributed by atoms with Gasteiger partial charge in [-0.1, -0.05) is 60.2 Å². The van der Waals surface area contributed by atoms with Gasteiger partial charge in [-0.25, -0.2) is 22.4 Å². The quantitative estimate of drug-likeness (QED) is 0.163. The van der Waals surface area contributed by atoms with Gasteiger partial charge in [0, 0.05) is 56.0 Å². The number of piperidine rings is 2. The van der Waals surface area contributed by atoms with Gasteiger partial charge < -0.3 is 10.4 Å². The van der Waals surface area contributed by atoms with Crippen LogP contribution in [0.2, 0.25) is 0 Å². The van der Waals surface area contributed by atoms with Crippen molar-refractivity contribution in [1.29, 1.82) is 0 Å². The average molecular weight is 733 g/mol. The third-order valence-electron chi connectivity index (χ3n) is 10.5. The second kappa shape index (κ2) is 14.6. The Hall–Kier alpha value is -4.30. The fraction of sp³-hybridized carbons (Fsp3) is 0.447. The zero-order valence-corrected chi connectivity index (χ0v) is 28.5. The van der Waals surface area contributed by atoms with Crippen LogP contribution in [-0.4, -0.2) is 89.1 Å². The molecule has 1 aromatic heterocycles. The highest BCUT2D eigenvalue weighted by Gasteiger charge is 2.61. The number of amides is 1. The third-order valence-corrected chi connectivity index (χ3v) is 10.5. The molecule has 3 heterocycles. The minimum atomic E-state index is -5.03. The summed E-state index contributed by atoms with van der Waals surface area (Å²) in [5, 5.41) is 15.3. The maximum Gasteiger partial charge on any atom is 0.403 e. The summed E-state index contributed by atoms with van der Waals surface area (Å²) >= 11 is 0. The van der Waals surface area contributed by atoms with Crippen molar-refractivity contribution < 1.29 is 45.4 Å². The molecule has 4 aromatic rings. The van der Waals surface area contributed by atoms with E-state index in [2.05, 4.69) is 5.32 Å². The van der Waals surface area contributed by atoms with Gasteiger partial charge in [-0.15, -0.1) is 0 Å². The number of alkyl halides is 7. The molecule has 2 aliphatic rings. The Kier molecular flexibility index (Phi) is 10.5. The number of carboxylic acids is 1. The monoisotopic (exact) mass is 732 g/mol. The number of carbonyl (C=O) groups excluding carboxylic acids is 1. The van der Waals surface area contributed by atoms with E-state index in [1.807, 2.05) is 42.2 Å². The van der Waals surface area contributed by atoms with Gasteiger partial charge in [0.15, 0.2) is 0 Å². The summed E-state index contributed by atoms with van der Waals surface area (Å²) in [6.07, 6.45) is -8.30. The molecule has 2 fully saturated rings. The summed E-state index contributed by atoms with van der Waals surface area (Å²) in [7, 11) is 0. The van der Waals surface area contributed by atoms with Gasteiger partial charge in [-0.2, -0.15) is 13.2 Å². The molecule has 2 N–H and O–H groups in total. The number of fused-ring (bicyclic) bond motifs is 2. The van der Waals surface area contributed by atoms with Crippen molar-refractivity contribution in [3.63, 3.8) is 0 Å². The number of likely N-dealkylation sites (tertiary alicyclic amines) is 2. The molecule has 7 nitrogen and oxygen atoms in total. The standard InChI is InChI=1S/C38H39F7N4O3/c1-23-8-9-29-30(18-23)25(21-48-16-12-37(41,42)13-17-48)20-46-33(29)28-7-3-5-26-24(4-2-6-27(26)28)19-31(34(50)51)47-35(52)36(38(43,44)45)10-14-49(15-11-36)22-32(39)40/h2-9,18,20,31-32H,10-17,19,21-22H2,1H3,(H,47,52)(H,50,51)/t31-/m0/s1. The summed E-state index contributed by atoms with van der Waals surface area (Å²) in [5.41, 5.74) is 0.814. The van der Waals surface area contributed by atoms with Gasteiger partial charge in [-0.3, -0.25) is 19.6 Å². The molecule has 2 saturated heterocycles. The topological polar surface area (TPSA) is 85.8 Å². The highest BCUT2D eigenvalue weighted by molar-refractivity contribution is 6.05. The maximum absolute atomic E-state index is 14.4. The number of hydrogen-bond donors (Lipinski definition) is 2. The summed E-state index contributed by atoms with van der Waals surface area (Å²) in [4.78, 5) is 33.7. The van der Waals surface area contributed by atoms with Crippen LogP contribution < -0.4 is 5.32 Å². The Morgan fingerprint density at radius 2 is 1.52 bits per heavy atom. The number of halogens is 7. The van der Waals surface area contributed by atoms with Crippen LogP contribution in [0.5, 0.6) is 0 Å². The van der Waals surface area contributed by atoms with Gasteiger partial charge in [0.05, 0.1) is 12.2 Å². The van der Waals surface area contributed by atoms with Gasteiger partial charge in [0.25, 0.3) is 12.3 Å². The molecule has 14 heteroatoms. The van der Waals surface area contributed by atoms with Gasteiger partial charge in [-0.05, 0) is 60.1 Å². The Labute approximate surface area is 295 Å². The van der Waals surface area contributed by atoms with Crippen molar-refractivity contribution in [1.82, 2.24) is 20.1 Å². The number of nitrogens with one attached hydrogen (secondary N) is 1. The van der Waals surface area contributed by atoms with E-state index in [9.17, 15) is 45.4 Å². The smallest absolute Gasteiger partial charge is 0.403 e. The van der Waals surface area contributed by atoms with Crippen molar-refractivity contribution in [3.05, 3.63) is 77.5 Å². The predicted octanol–water partition coefficient (Wildman–Crippen LogP) is 7.62. The molecular formula is C38H39F7N4O3. The number of aryl methyl sites for hydroxylation is 1. The minimum Gasteiger partial charge on any atom is -0.480 e. The SMILES string of the molecule is Cc1ccc2c(-c3cccc4c(C[C@H](NC(=O)C5(C(F)(F)F)CCN(CC(F)F)CC5)C(=O)O)cccc34)ncc(CN3CCC(F)(F)CC3)c2c1. The molecule has 278 valence electrons. The number of hydrogen-bond acceptors (Lipinski definition) is 5. The van der Waals surface area contributed by atoms with E-state index in [0.717, 1.165) is 32.4 Å². The third kappa shape index (κ3) is 7.73. The fourth-order valence-corrected chi connectivity index (χ4v) is 7.46. The zero-order valence-electron chi connectivity index (χ0n) is 28.5. The lowest BCUT2D eigenvalue weighted by Crippen LogP contribution is -2.59. The molecule has 2 aliphatic heterocycles. The Morgan fingerprint density at radius 1 is 0.865 bits per heavy atom. The summed E-state index contributed by atoms with van der Waals surface area (Å²) < 4.78 is 96.6. The molecule has 0 unspecified atom stereocenters. The Morgan fingerprint density at radius 3 is 2.17 bits per heavy atom. The van der Waals surface area contributed by atoms with Crippen LogP contribution in [0.4, 0.5) is 30.7 Å². The molecule has 6 rings (SSSR count). The van der Waals surface area contributed by atoms with E-state index >= 15 is 0 Å². The number of benzene rings is 3. The largest absolute Gasteiger partial charge is 0.480 e. The Bertz CT molecular complexity index is 1950. The number of nitrogens with zero attached hydrogens (tertiary/aromatic N) is 3. The second-order valence-electron chi connectivity index (χ2n) is 14.0. The van der Waals surface area contributed by atoms with E-state index in [0.29, 0.717) is 28.6 Å². The van der Waals surface area contributed by atoms with E-state index in [1.54, 1.807) is 30.5 Å². The first kappa shape index (κ1) is 37.5. The van der Waals surface area contributed by atoms with Crippen molar-refractivity contribution in [2.45, 2.75) is 70.1 Å². The highest BCUT2D eigenvalue weighted by Crippen LogP contribution is 2.47. The summed E-state index contributed by atoms with van der Waals surface area (Å²) in [6.45, 7) is 1.46. The average Bonchev–Trinajstić information content (AvgIpc) is 3.08. The second-order valence-corrected chi connectivity index (χ2v) is 14.0. The molecule has 0 bridgehead atoms. The summed E-state index contributed by atoms with van der Waals surface area (Å²) in [6, 6.07) is 14.8. The number of aliphatic carboxylic acids is 1. The van der Waals surface area contributed by atoms with Crippen LogP contribution in [0.3, 0.4) is 0 Å². The zero-order chi connectivity index (χ0) is 37.4. The number of carboxylic acid groups (broad SMARTS) is 1. The fourth-order valence-electron chi connectivity index (χ4n) is 7.46. The maximum atomic E-state index is 14.4. The van der Waals surface area contributed by atoms with Gasteiger partial charge in [0.1, 0.15) is 11.5 Å².